The molecule has 0 saturated carbocycles. The lowest BCUT2D eigenvalue weighted by atomic mass is 10.2. The topological polar surface area (TPSA) is 40.8 Å². The summed E-state index contributed by atoms with van der Waals surface area (Å²) >= 11 is 1.75. The average molecular weight is 295 g/mol. The first-order valence-corrected chi connectivity index (χ1v) is 8.02. The highest BCUT2D eigenvalue weighted by molar-refractivity contribution is 7.07. The molecular formula is C17H17N3S. The molecule has 21 heavy (non-hydrogen) atoms. The van der Waals surface area contributed by atoms with Crippen LogP contribution in [0.4, 0.5) is 0 Å². The SMILES string of the molecule is N#Cc1ccc2c(ccn2CCNCCc2ccsc2)c1. The Labute approximate surface area is 128 Å². The standard InChI is InChI=1S/C17H17N3S/c18-12-15-1-2-17-16(11-15)4-8-20(17)9-7-19-6-3-14-5-10-21-13-14/h1-2,4-5,8,10-11,13,19H,3,6-7,9H2. The van der Waals surface area contributed by atoms with Crippen molar-refractivity contribution in [1.82, 2.24) is 9.88 Å². The summed E-state index contributed by atoms with van der Waals surface area (Å²) in [4.78, 5) is 0. The van der Waals surface area contributed by atoms with Gasteiger partial charge < -0.3 is 9.88 Å². The third-order valence-electron chi connectivity index (χ3n) is 3.60. The number of hydrogen-bond donors (Lipinski definition) is 1. The molecule has 0 spiro atoms. The second kappa shape index (κ2) is 6.57. The van der Waals surface area contributed by atoms with Crippen LogP contribution >= 0.6 is 11.3 Å². The number of hydrogen-bond acceptors (Lipinski definition) is 3. The Morgan fingerprint density at radius 3 is 2.95 bits per heavy atom. The molecule has 0 amide bonds. The summed E-state index contributed by atoms with van der Waals surface area (Å²) in [5.41, 5.74) is 3.31. The lowest BCUT2D eigenvalue weighted by molar-refractivity contribution is 0.610. The van der Waals surface area contributed by atoms with Crippen LogP contribution in [0.25, 0.3) is 10.9 Å². The van der Waals surface area contributed by atoms with Crippen molar-refractivity contribution < 1.29 is 0 Å². The van der Waals surface area contributed by atoms with E-state index >= 15 is 0 Å². The van der Waals surface area contributed by atoms with Crippen molar-refractivity contribution in [3.63, 3.8) is 0 Å². The maximum absolute atomic E-state index is 8.92. The summed E-state index contributed by atoms with van der Waals surface area (Å²) in [6.07, 6.45) is 3.17. The van der Waals surface area contributed by atoms with Gasteiger partial charge in [0.2, 0.25) is 0 Å². The summed E-state index contributed by atoms with van der Waals surface area (Å²) < 4.78 is 2.23. The molecule has 0 fully saturated rings. The summed E-state index contributed by atoms with van der Waals surface area (Å²) in [5, 5.41) is 17.9. The molecule has 2 aromatic heterocycles. The van der Waals surface area contributed by atoms with Crippen LogP contribution in [0.1, 0.15) is 11.1 Å². The van der Waals surface area contributed by atoms with Gasteiger partial charge in [0.15, 0.2) is 0 Å². The van der Waals surface area contributed by atoms with E-state index in [1.807, 2.05) is 18.2 Å². The zero-order valence-corrected chi connectivity index (χ0v) is 12.6. The number of nitrogens with one attached hydrogen (secondary N) is 1. The summed E-state index contributed by atoms with van der Waals surface area (Å²) in [5.74, 6) is 0. The first-order valence-electron chi connectivity index (χ1n) is 7.07. The Morgan fingerprint density at radius 2 is 2.14 bits per heavy atom. The zero-order valence-electron chi connectivity index (χ0n) is 11.7. The number of nitrogens with zero attached hydrogens (tertiary/aromatic N) is 2. The summed E-state index contributed by atoms with van der Waals surface area (Å²) in [7, 11) is 0. The Balaban J connectivity index is 1.52. The lowest BCUT2D eigenvalue weighted by Gasteiger charge is -2.07. The Morgan fingerprint density at radius 1 is 1.19 bits per heavy atom. The van der Waals surface area contributed by atoms with Gasteiger partial charge in [0, 0.05) is 30.2 Å². The molecular weight excluding hydrogens is 278 g/mol. The van der Waals surface area contributed by atoms with Crippen molar-refractivity contribution in [2.24, 2.45) is 0 Å². The highest BCUT2D eigenvalue weighted by Gasteiger charge is 2.02. The minimum atomic E-state index is 0.717. The number of nitriles is 1. The normalized spacial score (nSPS) is 10.8. The average Bonchev–Trinajstić information content (AvgIpc) is 3.16. The predicted octanol–water partition coefficient (Wildman–Crippen LogP) is 3.41. The van der Waals surface area contributed by atoms with Gasteiger partial charge in [-0.3, -0.25) is 0 Å². The van der Waals surface area contributed by atoms with Crippen molar-refractivity contribution in [2.75, 3.05) is 13.1 Å². The summed E-state index contributed by atoms with van der Waals surface area (Å²) in [6.45, 7) is 2.90. The van der Waals surface area contributed by atoms with Gasteiger partial charge in [-0.15, -0.1) is 0 Å². The molecule has 1 aromatic carbocycles. The van der Waals surface area contributed by atoms with E-state index in [1.54, 1.807) is 11.3 Å². The largest absolute Gasteiger partial charge is 0.346 e. The Kier molecular flexibility index (Phi) is 4.34. The van der Waals surface area contributed by atoms with Crippen molar-refractivity contribution >= 4 is 22.2 Å². The number of thiophene rings is 1. The Bertz CT molecular complexity index is 750. The molecule has 3 aromatic rings. The van der Waals surface area contributed by atoms with Crippen molar-refractivity contribution in [2.45, 2.75) is 13.0 Å². The van der Waals surface area contributed by atoms with Crippen molar-refractivity contribution in [1.29, 1.82) is 5.26 Å². The molecule has 0 bridgehead atoms. The van der Waals surface area contributed by atoms with E-state index in [-0.39, 0.29) is 0 Å². The Hall–Kier alpha value is -2.09. The first kappa shape index (κ1) is 13.9. The molecule has 0 atom stereocenters. The van der Waals surface area contributed by atoms with Crippen LogP contribution in [0, 0.1) is 11.3 Å². The van der Waals surface area contributed by atoms with Crippen LogP contribution in [0.15, 0.2) is 47.3 Å². The van der Waals surface area contributed by atoms with Gasteiger partial charge in [-0.2, -0.15) is 16.6 Å². The van der Waals surface area contributed by atoms with Gasteiger partial charge in [-0.25, -0.2) is 0 Å². The third-order valence-corrected chi connectivity index (χ3v) is 4.33. The first-order chi connectivity index (χ1) is 10.4. The van der Waals surface area contributed by atoms with Gasteiger partial charge in [0.05, 0.1) is 11.6 Å². The molecule has 2 heterocycles. The second-order valence-electron chi connectivity index (χ2n) is 5.03. The molecule has 0 aliphatic carbocycles. The number of rotatable bonds is 6. The lowest BCUT2D eigenvalue weighted by Crippen LogP contribution is -2.22. The second-order valence-corrected chi connectivity index (χ2v) is 5.81. The third kappa shape index (κ3) is 3.33. The molecule has 3 nitrogen and oxygen atoms in total. The van der Waals surface area contributed by atoms with Crippen LogP contribution in [0.2, 0.25) is 0 Å². The van der Waals surface area contributed by atoms with Crippen LogP contribution in [-0.2, 0) is 13.0 Å². The quantitative estimate of drug-likeness (QED) is 0.708. The van der Waals surface area contributed by atoms with Crippen molar-refractivity contribution in [3.8, 4) is 6.07 Å². The minimum Gasteiger partial charge on any atom is -0.346 e. The van der Waals surface area contributed by atoms with E-state index in [1.165, 1.54) is 11.1 Å². The van der Waals surface area contributed by atoms with Gasteiger partial charge in [-0.05, 0) is 59.6 Å². The smallest absolute Gasteiger partial charge is 0.0991 e. The van der Waals surface area contributed by atoms with Crippen LogP contribution in [0.3, 0.4) is 0 Å². The number of fused-ring (bicyclic) bond motifs is 1. The van der Waals surface area contributed by atoms with Gasteiger partial charge in [-0.1, -0.05) is 0 Å². The number of aromatic nitrogens is 1. The molecule has 3 rings (SSSR count). The van der Waals surface area contributed by atoms with Gasteiger partial charge in [0.25, 0.3) is 0 Å². The van der Waals surface area contributed by atoms with E-state index in [0.29, 0.717) is 5.56 Å². The fourth-order valence-corrected chi connectivity index (χ4v) is 3.16. The maximum Gasteiger partial charge on any atom is 0.0991 e. The fourth-order valence-electron chi connectivity index (χ4n) is 2.46. The van der Waals surface area contributed by atoms with Gasteiger partial charge in [0.1, 0.15) is 0 Å². The molecule has 1 N–H and O–H groups in total. The molecule has 106 valence electrons. The van der Waals surface area contributed by atoms with Crippen LogP contribution in [-0.4, -0.2) is 17.7 Å². The number of benzene rings is 1. The van der Waals surface area contributed by atoms with E-state index in [0.717, 1.165) is 31.4 Å². The van der Waals surface area contributed by atoms with Crippen LogP contribution < -0.4 is 5.32 Å². The molecule has 0 aliphatic rings. The molecule has 0 saturated heterocycles. The summed E-state index contributed by atoms with van der Waals surface area (Å²) in [6, 6.07) is 12.3. The van der Waals surface area contributed by atoms with E-state index in [2.05, 4.69) is 45.0 Å². The van der Waals surface area contributed by atoms with E-state index < -0.39 is 0 Å². The maximum atomic E-state index is 8.92. The predicted molar refractivity (Wildman–Crippen MR) is 87.5 cm³/mol. The van der Waals surface area contributed by atoms with Gasteiger partial charge >= 0.3 is 0 Å². The minimum absolute atomic E-state index is 0.717. The highest BCUT2D eigenvalue weighted by Crippen LogP contribution is 2.17. The molecule has 0 aliphatic heterocycles. The molecule has 0 unspecified atom stereocenters. The molecule has 0 radical (unpaired) electrons. The van der Waals surface area contributed by atoms with Crippen molar-refractivity contribution in [3.05, 3.63) is 58.4 Å². The monoisotopic (exact) mass is 295 g/mol. The van der Waals surface area contributed by atoms with E-state index in [4.69, 9.17) is 5.26 Å². The molecule has 4 heteroatoms. The fraction of sp³-hybridized carbons (Fsp3) is 0.235. The zero-order chi connectivity index (χ0) is 14.5. The highest BCUT2D eigenvalue weighted by atomic mass is 32.1. The van der Waals surface area contributed by atoms with E-state index in [9.17, 15) is 0 Å². The van der Waals surface area contributed by atoms with Crippen LogP contribution in [0.5, 0.6) is 0 Å².